The molecule has 3 rings (SSSR count). The molecule has 0 aliphatic carbocycles. The number of hydrogen-bond acceptors (Lipinski definition) is 4. The van der Waals surface area contributed by atoms with E-state index >= 15 is 0 Å². The van der Waals surface area contributed by atoms with Gasteiger partial charge in [-0.05, 0) is 88.1 Å². The summed E-state index contributed by atoms with van der Waals surface area (Å²) in [6.07, 6.45) is 0.732. The number of amides is 2. The molecule has 0 saturated carbocycles. The SMILES string of the molecule is CC[C@@H](C)NC(=O)[C@H](C)N(Cc1cccc(Cl)c1)C(=O)CN(c1cc(C)ccc1C)S(=O)(=O)c1ccc(C)cc1. The second-order valence-corrected chi connectivity index (χ2v) is 12.6. The molecule has 7 nitrogen and oxygen atoms in total. The highest BCUT2D eigenvalue weighted by molar-refractivity contribution is 7.92. The van der Waals surface area contributed by atoms with Gasteiger partial charge in [0, 0.05) is 17.6 Å². The van der Waals surface area contributed by atoms with Gasteiger partial charge in [-0.15, -0.1) is 0 Å². The molecule has 0 radical (unpaired) electrons. The van der Waals surface area contributed by atoms with Gasteiger partial charge in [-0.1, -0.05) is 60.5 Å². The predicted octanol–water partition coefficient (Wildman–Crippen LogP) is 5.79. The van der Waals surface area contributed by atoms with Gasteiger partial charge in [-0.25, -0.2) is 8.42 Å². The van der Waals surface area contributed by atoms with Gasteiger partial charge < -0.3 is 10.2 Å². The van der Waals surface area contributed by atoms with E-state index in [2.05, 4.69) is 5.32 Å². The van der Waals surface area contributed by atoms with E-state index in [1.165, 1.54) is 4.90 Å². The zero-order chi connectivity index (χ0) is 29.6. The van der Waals surface area contributed by atoms with E-state index in [4.69, 9.17) is 11.6 Å². The minimum absolute atomic E-state index is 0.0774. The van der Waals surface area contributed by atoms with Crippen LogP contribution in [-0.2, 0) is 26.2 Å². The first-order valence-electron chi connectivity index (χ1n) is 13.3. The summed E-state index contributed by atoms with van der Waals surface area (Å²) in [5.41, 5.74) is 3.62. The molecule has 0 spiro atoms. The summed E-state index contributed by atoms with van der Waals surface area (Å²) < 4.78 is 29.2. The van der Waals surface area contributed by atoms with Gasteiger partial charge in [0.2, 0.25) is 11.8 Å². The van der Waals surface area contributed by atoms with Crippen LogP contribution in [0.4, 0.5) is 5.69 Å². The number of halogens is 1. The number of carbonyl (C=O) groups excluding carboxylic acids is 2. The summed E-state index contributed by atoms with van der Waals surface area (Å²) in [6.45, 7) is 10.7. The Hall–Kier alpha value is -3.36. The fraction of sp³-hybridized carbons (Fsp3) is 0.355. The molecule has 9 heteroatoms. The van der Waals surface area contributed by atoms with Crippen molar-refractivity contribution in [3.8, 4) is 0 Å². The molecule has 2 atom stereocenters. The average Bonchev–Trinajstić information content (AvgIpc) is 2.91. The second-order valence-electron chi connectivity index (χ2n) is 10.3. The van der Waals surface area contributed by atoms with E-state index < -0.39 is 28.5 Å². The second kappa shape index (κ2) is 13.3. The largest absolute Gasteiger partial charge is 0.352 e. The van der Waals surface area contributed by atoms with Gasteiger partial charge in [-0.3, -0.25) is 13.9 Å². The first-order chi connectivity index (χ1) is 18.8. The van der Waals surface area contributed by atoms with Crippen molar-refractivity contribution < 1.29 is 18.0 Å². The molecule has 0 heterocycles. The van der Waals surface area contributed by atoms with Crippen molar-refractivity contribution in [2.24, 2.45) is 0 Å². The Labute approximate surface area is 243 Å². The van der Waals surface area contributed by atoms with E-state index in [0.29, 0.717) is 16.3 Å². The van der Waals surface area contributed by atoms with E-state index in [1.54, 1.807) is 55.5 Å². The quantitative estimate of drug-likeness (QED) is 0.309. The molecule has 0 aliphatic heterocycles. The van der Waals surface area contributed by atoms with Crippen LogP contribution in [0.2, 0.25) is 5.02 Å². The normalized spacial score (nSPS) is 12.9. The third kappa shape index (κ3) is 7.64. The summed E-state index contributed by atoms with van der Waals surface area (Å²) in [5.74, 6) is -0.826. The summed E-state index contributed by atoms with van der Waals surface area (Å²) >= 11 is 6.20. The molecular weight excluding hydrogens is 546 g/mol. The van der Waals surface area contributed by atoms with E-state index in [1.807, 2.05) is 52.8 Å². The lowest BCUT2D eigenvalue weighted by Crippen LogP contribution is -2.52. The fourth-order valence-electron chi connectivity index (χ4n) is 4.22. The van der Waals surface area contributed by atoms with Gasteiger partial charge in [0.25, 0.3) is 10.0 Å². The van der Waals surface area contributed by atoms with Crippen LogP contribution < -0.4 is 9.62 Å². The Balaban J connectivity index is 2.07. The third-order valence-corrected chi connectivity index (χ3v) is 8.94. The molecule has 0 saturated heterocycles. The van der Waals surface area contributed by atoms with Gasteiger partial charge in [0.15, 0.2) is 0 Å². The van der Waals surface area contributed by atoms with Crippen LogP contribution in [0.5, 0.6) is 0 Å². The van der Waals surface area contributed by atoms with Crippen LogP contribution in [0.15, 0.2) is 71.6 Å². The third-order valence-electron chi connectivity index (χ3n) is 6.93. The van der Waals surface area contributed by atoms with E-state index in [-0.39, 0.29) is 23.4 Å². The lowest BCUT2D eigenvalue weighted by atomic mass is 10.1. The predicted molar refractivity (Wildman–Crippen MR) is 161 cm³/mol. The number of sulfonamides is 1. The fourth-order valence-corrected chi connectivity index (χ4v) is 5.90. The number of rotatable bonds is 11. The van der Waals surface area contributed by atoms with Crippen LogP contribution >= 0.6 is 11.6 Å². The van der Waals surface area contributed by atoms with Crippen LogP contribution in [0, 0.1) is 20.8 Å². The molecule has 0 bridgehead atoms. The van der Waals surface area contributed by atoms with Crippen molar-refractivity contribution in [3.63, 3.8) is 0 Å². The Bertz CT molecular complexity index is 1460. The van der Waals surface area contributed by atoms with Gasteiger partial charge in [-0.2, -0.15) is 0 Å². The molecule has 0 unspecified atom stereocenters. The zero-order valence-corrected chi connectivity index (χ0v) is 25.5. The van der Waals surface area contributed by atoms with E-state index in [9.17, 15) is 18.0 Å². The summed E-state index contributed by atoms with van der Waals surface area (Å²) in [4.78, 5) is 28.7. The number of carbonyl (C=O) groups is 2. The molecule has 214 valence electrons. The summed E-state index contributed by atoms with van der Waals surface area (Å²) in [5, 5.41) is 3.43. The Kier molecular flexibility index (Phi) is 10.4. The maximum atomic E-state index is 14.1. The molecule has 0 aromatic heterocycles. The highest BCUT2D eigenvalue weighted by Crippen LogP contribution is 2.29. The maximum Gasteiger partial charge on any atom is 0.264 e. The molecule has 0 fully saturated rings. The smallest absolute Gasteiger partial charge is 0.264 e. The minimum atomic E-state index is -4.12. The monoisotopic (exact) mass is 583 g/mol. The van der Waals surface area contributed by atoms with Gasteiger partial charge in [0.1, 0.15) is 12.6 Å². The first kappa shape index (κ1) is 31.2. The highest BCUT2D eigenvalue weighted by atomic mass is 35.5. The highest BCUT2D eigenvalue weighted by Gasteiger charge is 2.33. The Morgan fingerprint density at radius 1 is 0.925 bits per heavy atom. The van der Waals surface area contributed by atoms with Crippen molar-refractivity contribution in [2.75, 3.05) is 10.8 Å². The summed E-state index contributed by atoms with van der Waals surface area (Å²) in [7, 11) is -4.12. The number of anilines is 1. The van der Waals surface area contributed by atoms with E-state index in [0.717, 1.165) is 27.4 Å². The Morgan fingerprint density at radius 2 is 1.57 bits per heavy atom. The molecule has 40 heavy (non-hydrogen) atoms. The number of aryl methyl sites for hydroxylation is 3. The topological polar surface area (TPSA) is 86.8 Å². The van der Waals surface area contributed by atoms with Crippen molar-refractivity contribution >= 4 is 39.1 Å². The first-order valence-corrected chi connectivity index (χ1v) is 15.2. The molecule has 0 aliphatic rings. The summed E-state index contributed by atoms with van der Waals surface area (Å²) in [6, 6.07) is 18.1. The lowest BCUT2D eigenvalue weighted by molar-refractivity contribution is -0.139. The van der Waals surface area contributed by atoms with Gasteiger partial charge in [0.05, 0.1) is 10.6 Å². The van der Waals surface area contributed by atoms with Gasteiger partial charge >= 0.3 is 0 Å². The zero-order valence-electron chi connectivity index (χ0n) is 23.9. The molecule has 1 N–H and O–H groups in total. The number of nitrogens with zero attached hydrogens (tertiary/aromatic N) is 2. The van der Waals surface area contributed by atoms with Crippen molar-refractivity contribution in [1.29, 1.82) is 0 Å². The maximum absolute atomic E-state index is 14.1. The molecular formula is C31H38ClN3O4S. The standard InChI is InChI=1S/C31H38ClN3O4S/c1-7-24(5)33-31(37)25(6)34(19-26-9-8-10-27(32)18-26)30(36)20-35(29-17-22(3)11-14-23(29)4)40(38,39)28-15-12-21(2)13-16-28/h8-18,24-25H,7,19-20H2,1-6H3,(H,33,37)/t24-,25+/m1/s1. The Morgan fingerprint density at radius 3 is 2.20 bits per heavy atom. The molecule has 3 aromatic rings. The van der Waals surface area contributed by atoms with Crippen molar-refractivity contribution in [2.45, 2.75) is 71.5 Å². The van der Waals surface area contributed by atoms with Crippen LogP contribution in [0.25, 0.3) is 0 Å². The van der Waals surface area contributed by atoms with Crippen LogP contribution in [-0.4, -0.2) is 43.8 Å². The lowest BCUT2D eigenvalue weighted by Gasteiger charge is -2.33. The van der Waals surface area contributed by atoms with Crippen molar-refractivity contribution in [1.82, 2.24) is 10.2 Å². The number of hydrogen-bond donors (Lipinski definition) is 1. The number of nitrogens with one attached hydrogen (secondary N) is 1. The minimum Gasteiger partial charge on any atom is -0.352 e. The van der Waals surface area contributed by atoms with Crippen LogP contribution in [0.1, 0.15) is 49.4 Å². The van der Waals surface area contributed by atoms with Crippen LogP contribution in [0.3, 0.4) is 0 Å². The molecule has 3 aromatic carbocycles. The molecule has 2 amide bonds. The number of benzene rings is 3. The average molecular weight is 584 g/mol. The van der Waals surface area contributed by atoms with Crippen molar-refractivity contribution in [3.05, 3.63) is 94.0 Å².